The standard InChI is InChI=1S/C17H17F3N6O/c18-17(19,20)8-13(27)23-10-2-1-7-26(9-10)16-14-11-3-5-21-15(11)25-24-12(14)4-6-22-16/h3-6,10H,1-2,7-9H2,(H,21,25)(H,23,27). The van der Waals surface area contributed by atoms with Gasteiger partial charge in [-0.05, 0) is 25.0 Å². The Bertz CT molecular complexity index is 986. The summed E-state index contributed by atoms with van der Waals surface area (Å²) in [6.45, 7) is 1.09. The number of pyridine rings is 1. The van der Waals surface area contributed by atoms with E-state index < -0.39 is 18.5 Å². The quantitative estimate of drug-likeness (QED) is 0.732. The van der Waals surface area contributed by atoms with E-state index in [0.717, 1.165) is 17.2 Å². The number of hydrogen-bond donors (Lipinski definition) is 2. The number of aromatic amines is 1. The van der Waals surface area contributed by atoms with Crippen LogP contribution in [0.4, 0.5) is 19.0 Å². The highest BCUT2D eigenvalue weighted by atomic mass is 19.4. The van der Waals surface area contributed by atoms with Gasteiger partial charge in [0, 0.05) is 36.9 Å². The van der Waals surface area contributed by atoms with Crippen molar-refractivity contribution in [3.05, 3.63) is 24.5 Å². The van der Waals surface area contributed by atoms with Crippen LogP contribution in [-0.2, 0) is 4.79 Å². The molecule has 7 nitrogen and oxygen atoms in total. The van der Waals surface area contributed by atoms with Gasteiger partial charge in [0.2, 0.25) is 5.91 Å². The topological polar surface area (TPSA) is 86.8 Å². The van der Waals surface area contributed by atoms with Crippen molar-refractivity contribution in [3.63, 3.8) is 0 Å². The van der Waals surface area contributed by atoms with Gasteiger partial charge in [-0.25, -0.2) is 4.98 Å². The van der Waals surface area contributed by atoms with Gasteiger partial charge in [-0.3, -0.25) is 4.79 Å². The number of amides is 1. The van der Waals surface area contributed by atoms with Crippen LogP contribution in [0.2, 0.25) is 0 Å². The molecule has 3 aromatic rings. The summed E-state index contributed by atoms with van der Waals surface area (Å²) in [5.41, 5.74) is 1.33. The first-order chi connectivity index (χ1) is 12.9. The van der Waals surface area contributed by atoms with Gasteiger partial charge in [-0.2, -0.15) is 13.2 Å². The number of alkyl halides is 3. The van der Waals surface area contributed by atoms with Gasteiger partial charge in [0.1, 0.15) is 12.2 Å². The van der Waals surface area contributed by atoms with E-state index in [1.165, 1.54) is 0 Å². The summed E-state index contributed by atoms with van der Waals surface area (Å²) in [6.07, 6.45) is -1.19. The third kappa shape index (κ3) is 3.64. The molecular weight excluding hydrogens is 361 g/mol. The Hall–Kier alpha value is -2.91. The van der Waals surface area contributed by atoms with Crippen molar-refractivity contribution in [1.29, 1.82) is 0 Å². The maximum absolute atomic E-state index is 12.4. The number of halogens is 3. The second-order valence-electron chi connectivity index (χ2n) is 6.61. The third-order valence-corrected chi connectivity index (χ3v) is 4.61. The van der Waals surface area contributed by atoms with Crippen molar-refractivity contribution in [2.75, 3.05) is 18.0 Å². The highest BCUT2D eigenvalue weighted by Gasteiger charge is 2.33. The number of nitrogens with zero attached hydrogens (tertiary/aromatic N) is 4. The molecule has 1 saturated heterocycles. The first-order valence-corrected chi connectivity index (χ1v) is 8.60. The zero-order valence-corrected chi connectivity index (χ0v) is 14.3. The highest BCUT2D eigenvalue weighted by Crippen LogP contribution is 2.31. The molecule has 1 amide bonds. The summed E-state index contributed by atoms with van der Waals surface area (Å²) in [6, 6.07) is 3.30. The van der Waals surface area contributed by atoms with Crippen LogP contribution in [0, 0.1) is 0 Å². The van der Waals surface area contributed by atoms with Crippen LogP contribution in [-0.4, -0.2) is 51.4 Å². The molecule has 2 N–H and O–H groups in total. The average Bonchev–Trinajstić information content (AvgIpc) is 3.08. The smallest absolute Gasteiger partial charge is 0.354 e. The van der Waals surface area contributed by atoms with Gasteiger partial charge < -0.3 is 15.2 Å². The van der Waals surface area contributed by atoms with E-state index >= 15 is 0 Å². The maximum Gasteiger partial charge on any atom is 0.397 e. The van der Waals surface area contributed by atoms with Crippen LogP contribution in [0.25, 0.3) is 21.9 Å². The molecular formula is C17H17F3N6O. The summed E-state index contributed by atoms with van der Waals surface area (Å²) in [5, 5.41) is 12.5. The fraction of sp³-hybridized carbons (Fsp3) is 0.412. The highest BCUT2D eigenvalue weighted by molar-refractivity contribution is 6.08. The van der Waals surface area contributed by atoms with E-state index in [1.54, 1.807) is 18.5 Å². The predicted molar refractivity (Wildman–Crippen MR) is 93.2 cm³/mol. The van der Waals surface area contributed by atoms with Crippen LogP contribution >= 0.6 is 0 Å². The second-order valence-corrected chi connectivity index (χ2v) is 6.61. The lowest BCUT2D eigenvalue weighted by Gasteiger charge is -2.34. The molecule has 10 heteroatoms. The van der Waals surface area contributed by atoms with E-state index in [-0.39, 0.29) is 6.04 Å². The first-order valence-electron chi connectivity index (χ1n) is 8.60. The minimum Gasteiger partial charge on any atom is -0.354 e. The van der Waals surface area contributed by atoms with Crippen LogP contribution in [0.5, 0.6) is 0 Å². The zero-order chi connectivity index (χ0) is 19.0. The number of aromatic nitrogens is 4. The van der Waals surface area contributed by atoms with E-state index in [0.29, 0.717) is 36.5 Å². The number of piperidine rings is 1. The lowest BCUT2D eigenvalue weighted by atomic mass is 10.0. The van der Waals surface area contributed by atoms with Gasteiger partial charge in [-0.15, -0.1) is 10.2 Å². The van der Waals surface area contributed by atoms with Crippen LogP contribution < -0.4 is 10.2 Å². The molecule has 1 atom stereocenters. The number of anilines is 1. The number of carbonyl (C=O) groups is 1. The summed E-state index contributed by atoms with van der Waals surface area (Å²) < 4.78 is 37.2. The normalized spacial score (nSPS) is 18.2. The van der Waals surface area contributed by atoms with Gasteiger partial charge in [0.25, 0.3) is 0 Å². The van der Waals surface area contributed by atoms with Gasteiger partial charge in [-0.1, -0.05) is 0 Å². The fourth-order valence-electron chi connectivity index (χ4n) is 3.52. The molecule has 1 aliphatic heterocycles. The predicted octanol–water partition coefficient (Wildman–Crippen LogP) is 2.54. The molecule has 142 valence electrons. The Morgan fingerprint density at radius 1 is 1.33 bits per heavy atom. The Morgan fingerprint density at radius 2 is 2.19 bits per heavy atom. The van der Waals surface area contributed by atoms with Gasteiger partial charge >= 0.3 is 6.18 Å². The maximum atomic E-state index is 12.4. The minimum absolute atomic E-state index is 0.359. The number of hydrogen-bond acceptors (Lipinski definition) is 5. The zero-order valence-electron chi connectivity index (χ0n) is 14.3. The Morgan fingerprint density at radius 3 is 3.00 bits per heavy atom. The largest absolute Gasteiger partial charge is 0.397 e. The molecule has 0 radical (unpaired) electrons. The van der Waals surface area contributed by atoms with Crippen molar-refractivity contribution in [3.8, 4) is 0 Å². The lowest BCUT2D eigenvalue weighted by molar-refractivity contribution is -0.154. The monoisotopic (exact) mass is 378 g/mol. The number of H-pyrrole nitrogens is 1. The van der Waals surface area contributed by atoms with Crippen molar-refractivity contribution in [1.82, 2.24) is 25.5 Å². The molecule has 1 fully saturated rings. The molecule has 0 spiro atoms. The van der Waals surface area contributed by atoms with Crippen LogP contribution in [0.15, 0.2) is 24.5 Å². The molecule has 1 unspecified atom stereocenters. The molecule has 0 aliphatic carbocycles. The number of carbonyl (C=O) groups excluding carboxylic acids is 1. The SMILES string of the molecule is O=C(CC(F)(F)F)NC1CCCN(c2nccc3nnc4[nH]ccc4c23)C1. The molecule has 4 heterocycles. The van der Waals surface area contributed by atoms with E-state index in [4.69, 9.17) is 0 Å². The molecule has 0 aromatic carbocycles. The van der Waals surface area contributed by atoms with Crippen molar-refractivity contribution >= 4 is 33.7 Å². The fourth-order valence-corrected chi connectivity index (χ4v) is 3.52. The van der Waals surface area contributed by atoms with Gasteiger partial charge in [0.05, 0.1) is 10.9 Å². The lowest BCUT2D eigenvalue weighted by Crippen LogP contribution is -2.48. The second kappa shape index (κ2) is 6.67. The van der Waals surface area contributed by atoms with Crippen molar-refractivity contribution in [2.24, 2.45) is 0 Å². The molecule has 1 aliphatic rings. The number of rotatable bonds is 3. The summed E-state index contributed by atoms with van der Waals surface area (Å²) >= 11 is 0. The molecule has 3 aromatic heterocycles. The first kappa shape index (κ1) is 17.5. The molecule has 0 saturated carbocycles. The Labute approximate surface area is 152 Å². The molecule has 4 rings (SSSR count). The van der Waals surface area contributed by atoms with E-state index in [1.807, 2.05) is 11.0 Å². The summed E-state index contributed by atoms with van der Waals surface area (Å²) in [5.74, 6) is -0.305. The minimum atomic E-state index is -4.51. The summed E-state index contributed by atoms with van der Waals surface area (Å²) in [4.78, 5) is 21.1. The number of nitrogens with one attached hydrogen (secondary N) is 2. The Balaban J connectivity index is 1.60. The Kier molecular flexibility index (Phi) is 4.33. The third-order valence-electron chi connectivity index (χ3n) is 4.61. The van der Waals surface area contributed by atoms with Crippen LogP contribution in [0.1, 0.15) is 19.3 Å². The van der Waals surface area contributed by atoms with E-state index in [9.17, 15) is 18.0 Å². The van der Waals surface area contributed by atoms with Crippen molar-refractivity contribution in [2.45, 2.75) is 31.5 Å². The number of fused-ring (bicyclic) bond motifs is 3. The van der Waals surface area contributed by atoms with Crippen LogP contribution in [0.3, 0.4) is 0 Å². The average molecular weight is 378 g/mol. The van der Waals surface area contributed by atoms with Crippen molar-refractivity contribution < 1.29 is 18.0 Å². The van der Waals surface area contributed by atoms with E-state index in [2.05, 4.69) is 25.5 Å². The molecule has 0 bridgehead atoms. The van der Waals surface area contributed by atoms with Gasteiger partial charge in [0.15, 0.2) is 5.65 Å². The summed E-state index contributed by atoms with van der Waals surface area (Å²) in [7, 11) is 0. The molecule has 27 heavy (non-hydrogen) atoms.